The zero-order valence-electron chi connectivity index (χ0n) is 12.2. The second-order valence-electron chi connectivity index (χ2n) is 5.13. The Hall–Kier alpha value is -1.02. The van der Waals surface area contributed by atoms with Crippen LogP contribution < -0.4 is 10.5 Å². The average Bonchev–Trinajstić information content (AvgIpc) is 2.38. The molecule has 0 amide bonds. The lowest BCUT2D eigenvalue weighted by atomic mass is 9.93. The first-order chi connectivity index (χ1) is 8.62. The summed E-state index contributed by atoms with van der Waals surface area (Å²) in [5.74, 6) is 1.56. The van der Waals surface area contributed by atoms with E-state index in [4.69, 9.17) is 10.5 Å². The standard InChI is InChI=1S/C16H27NO/c1-5-7-15(17)11-14-10-13(12(3)6-2)8-9-16(14)18-4/h8-10,12,15H,5-7,11,17H2,1-4H3. The van der Waals surface area contributed by atoms with Crippen molar-refractivity contribution in [3.05, 3.63) is 29.3 Å². The van der Waals surface area contributed by atoms with Gasteiger partial charge < -0.3 is 10.5 Å². The lowest BCUT2D eigenvalue weighted by Crippen LogP contribution is -2.22. The minimum absolute atomic E-state index is 0.232. The predicted molar refractivity (Wildman–Crippen MR) is 78.3 cm³/mol. The van der Waals surface area contributed by atoms with Crippen LogP contribution in [0.2, 0.25) is 0 Å². The van der Waals surface area contributed by atoms with E-state index < -0.39 is 0 Å². The van der Waals surface area contributed by atoms with Gasteiger partial charge in [-0.2, -0.15) is 0 Å². The van der Waals surface area contributed by atoms with Crippen molar-refractivity contribution in [2.24, 2.45) is 5.73 Å². The second kappa shape index (κ2) is 7.42. The monoisotopic (exact) mass is 249 g/mol. The van der Waals surface area contributed by atoms with Crippen molar-refractivity contribution in [1.29, 1.82) is 0 Å². The molecule has 0 radical (unpaired) electrons. The Morgan fingerprint density at radius 3 is 2.56 bits per heavy atom. The van der Waals surface area contributed by atoms with Crippen LogP contribution in [-0.4, -0.2) is 13.2 Å². The largest absolute Gasteiger partial charge is 0.496 e. The van der Waals surface area contributed by atoms with E-state index in [0.717, 1.165) is 31.4 Å². The number of hydrogen-bond donors (Lipinski definition) is 1. The van der Waals surface area contributed by atoms with Crippen LogP contribution in [0.25, 0.3) is 0 Å². The van der Waals surface area contributed by atoms with Crippen LogP contribution in [-0.2, 0) is 6.42 Å². The van der Waals surface area contributed by atoms with Gasteiger partial charge in [0.15, 0.2) is 0 Å². The molecule has 0 fully saturated rings. The fraction of sp³-hybridized carbons (Fsp3) is 0.625. The number of hydrogen-bond acceptors (Lipinski definition) is 2. The maximum Gasteiger partial charge on any atom is 0.122 e. The number of ether oxygens (including phenoxy) is 1. The average molecular weight is 249 g/mol. The Balaban J connectivity index is 2.91. The summed E-state index contributed by atoms with van der Waals surface area (Å²) in [6.07, 6.45) is 4.26. The van der Waals surface area contributed by atoms with Crippen molar-refractivity contribution in [3.63, 3.8) is 0 Å². The Bertz CT molecular complexity index is 362. The maximum absolute atomic E-state index is 6.14. The summed E-state index contributed by atoms with van der Waals surface area (Å²) in [6.45, 7) is 6.65. The van der Waals surface area contributed by atoms with Crippen LogP contribution in [0.15, 0.2) is 18.2 Å². The SMILES string of the molecule is CCCC(N)Cc1cc(C(C)CC)ccc1OC. The van der Waals surface area contributed by atoms with Crippen LogP contribution in [0, 0.1) is 0 Å². The zero-order valence-corrected chi connectivity index (χ0v) is 12.2. The summed E-state index contributed by atoms with van der Waals surface area (Å²) in [5.41, 5.74) is 8.78. The predicted octanol–water partition coefficient (Wildman–Crippen LogP) is 3.88. The summed E-state index contributed by atoms with van der Waals surface area (Å²) in [7, 11) is 1.73. The molecule has 1 aromatic carbocycles. The molecule has 0 aromatic heterocycles. The highest BCUT2D eigenvalue weighted by molar-refractivity contribution is 5.39. The lowest BCUT2D eigenvalue weighted by molar-refractivity contribution is 0.406. The molecule has 0 aliphatic carbocycles. The molecule has 2 unspecified atom stereocenters. The molecule has 0 aliphatic rings. The molecule has 18 heavy (non-hydrogen) atoms. The van der Waals surface area contributed by atoms with Crippen molar-refractivity contribution in [2.45, 2.75) is 58.4 Å². The summed E-state index contributed by atoms with van der Waals surface area (Å²) in [4.78, 5) is 0. The summed E-state index contributed by atoms with van der Waals surface area (Å²) < 4.78 is 5.44. The summed E-state index contributed by atoms with van der Waals surface area (Å²) >= 11 is 0. The van der Waals surface area contributed by atoms with Gasteiger partial charge in [0.1, 0.15) is 5.75 Å². The first kappa shape index (κ1) is 15.0. The smallest absolute Gasteiger partial charge is 0.122 e. The third-order valence-corrected chi connectivity index (χ3v) is 3.63. The third-order valence-electron chi connectivity index (χ3n) is 3.63. The molecular weight excluding hydrogens is 222 g/mol. The number of nitrogens with two attached hydrogens (primary N) is 1. The topological polar surface area (TPSA) is 35.2 Å². The molecule has 2 N–H and O–H groups in total. The first-order valence-electron chi connectivity index (χ1n) is 7.04. The van der Waals surface area contributed by atoms with Crippen LogP contribution in [0.4, 0.5) is 0 Å². The minimum atomic E-state index is 0.232. The van der Waals surface area contributed by atoms with Gasteiger partial charge in [-0.15, -0.1) is 0 Å². The van der Waals surface area contributed by atoms with E-state index in [1.807, 2.05) is 0 Å². The van der Waals surface area contributed by atoms with Gasteiger partial charge in [0.05, 0.1) is 7.11 Å². The molecule has 2 heteroatoms. The van der Waals surface area contributed by atoms with E-state index in [-0.39, 0.29) is 6.04 Å². The first-order valence-corrected chi connectivity index (χ1v) is 7.04. The van der Waals surface area contributed by atoms with Crippen molar-refractivity contribution in [3.8, 4) is 5.75 Å². The fourth-order valence-electron chi connectivity index (χ4n) is 2.26. The molecule has 0 saturated heterocycles. The molecule has 1 rings (SSSR count). The molecule has 102 valence electrons. The number of benzene rings is 1. The Labute approximate surface area is 112 Å². The minimum Gasteiger partial charge on any atom is -0.496 e. The van der Waals surface area contributed by atoms with Crippen LogP contribution in [0.5, 0.6) is 5.75 Å². The highest BCUT2D eigenvalue weighted by Crippen LogP contribution is 2.27. The number of methoxy groups -OCH3 is 1. The van der Waals surface area contributed by atoms with Gasteiger partial charge in [0.25, 0.3) is 0 Å². The highest BCUT2D eigenvalue weighted by Gasteiger charge is 2.11. The van der Waals surface area contributed by atoms with Crippen molar-refractivity contribution in [1.82, 2.24) is 0 Å². The van der Waals surface area contributed by atoms with E-state index >= 15 is 0 Å². The summed E-state index contributed by atoms with van der Waals surface area (Å²) in [5, 5.41) is 0. The summed E-state index contributed by atoms with van der Waals surface area (Å²) in [6, 6.07) is 6.75. The molecule has 0 saturated carbocycles. The van der Waals surface area contributed by atoms with Gasteiger partial charge in [0, 0.05) is 6.04 Å². The maximum atomic E-state index is 6.14. The van der Waals surface area contributed by atoms with E-state index in [1.54, 1.807) is 7.11 Å². The van der Waals surface area contributed by atoms with E-state index in [0.29, 0.717) is 5.92 Å². The Morgan fingerprint density at radius 1 is 1.28 bits per heavy atom. The van der Waals surface area contributed by atoms with Gasteiger partial charge in [-0.25, -0.2) is 0 Å². The Kier molecular flexibility index (Phi) is 6.20. The molecule has 0 bridgehead atoms. The molecule has 2 atom stereocenters. The molecule has 0 spiro atoms. The van der Waals surface area contributed by atoms with Gasteiger partial charge in [-0.3, -0.25) is 0 Å². The van der Waals surface area contributed by atoms with Gasteiger partial charge in [-0.05, 0) is 42.4 Å². The molecule has 0 heterocycles. The molecule has 1 aromatic rings. The van der Waals surface area contributed by atoms with E-state index in [9.17, 15) is 0 Å². The lowest BCUT2D eigenvalue weighted by Gasteiger charge is -2.17. The molecule has 2 nitrogen and oxygen atoms in total. The van der Waals surface area contributed by atoms with Crippen molar-refractivity contribution >= 4 is 0 Å². The number of rotatable bonds is 7. The Morgan fingerprint density at radius 2 is 2.00 bits per heavy atom. The fourth-order valence-corrected chi connectivity index (χ4v) is 2.26. The van der Waals surface area contributed by atoms with Crippen molar-refractivity contribution < 1.29 is 4.74 Å². The van der Waals surface area contributed by atoms with Crippen molar-refractivity contribution in [2.75, 3.05) is 7.11 Å². The zero-order chi connectivity index (χ0) is 13.5. The van der Waals surface area contributed by atoms with Crippen LogP contribution >= 0.6 is 0 Å². The van der Waals surface area contributed by atoms with Gasteiger partial charge in [-0.1, -0.05) is 39.3 Å². The third kappa shape index (κ3) is 4.02. The molecular formula is C16H27NO. The highest BCUT2D eigenvalue weighted by atomic mass is 16.5. The second-order valence-corrected chi connectivity index (χ2v) is 5.13. The van der Waals surface area contributed by atoms with Gasteiger partial charge >= 0.3 is 0 Å². The van der Waals surface area contributed by atoms with Crippen LogP contribution in [0.3, 0.4) is 0 Å². The van der Waals surface area contributed by atoms with E-state index in [2.05, 4.69) is 39.0 Å². The van der Waals surface area contributed by atoms with Gasteiger partial charge in [0.2, 0.25) is 0 Å². The quantitative estimate of drug-likeness (QED) is 0.796. The normalized spacial score (nSPS) is 14.3. The van der Waals surface area contributed by atoms with E-state index in [1.165, 1.54) is 11.1 Å². The van der Waals surface area contributed by atoms with Crippen LogP contribution in [0.1, 0.15) is 57.1 Å². The molecule has 0 aliphatic heterocycles.